The molecule has 0 amide bonds. The van der Waals surface area contributed by atoms with Gasteiger partial charge >= 0.3 is 5.97 Å². The normalized spacial score (nSPS) is 15.1. The molecule has 0 aliphatic rings. The van der Waals surface area contributed by atoms with Gasteiger partial charge in [0.1, 0.15) is 6.04 Å². The molecular weight excluding hydrogens is 282 g/mol. The molecule has 0 saturated heterocycles. The molecule has 0 heterocycles. The van der Waals surface area contributed by atoms with Crippen LogP contribution in [0.15, 0.2) is 29.2 Å². The van der Waals surface area contributed by atoms with Crippen LogP contribution in [0.1, 0.15) is 32.3 Å². The van der Waals surface area contributed by atoms with E-state index >= 15 is 0 Å². The van der Waals surface area contributed by atoms with Gasteiger partial charge in [-0.1, -0.05) is 26.0 Å². The molecule has 7 heteroatoms. The molecule has 20 heavy (non-hydrogen) atoms. The molecule has 0 radical (unpaired) electrons. The van der Waals surface area contributed by atoms with Gasteiger partial charge in [-0.25, -0.2) is 8.42 Å². The summed E-state index contributed by atoms with van der Waals surface area (Å²) in [6.07, 6.45) is -1.34. The molecular formula is C13H19NO5S. The van der Waals surface area contributed by atoms with Crippen LogP contribution in [0.5, 0.6) is 0 Å². The van der Waals surface area contributed by atoms with Gasteiger partial charge < -0.3 is 10.2 Å². The fraction of sp³-hybridized carbons (Fsp3) is 0.462. The molecule has 6 nitrogen and oxygen atoms in total. The molecule has 112 valence electrons. The first-order valence-corrected chi connectivity index (χ1v) is 7.66. The molecule has 0 spiro atoms. The van der Waals surface area contributed by atoms with Crippen LogP contribution < -0.4 is 4.72 Å². The van der Waals surface area contributed by atoms with E-state index in [9.17, 15) is 18.3 Å². The molecule has 0 aliphatic carbocycles. The molecule has 0 aliphatic heterocycles. The van der Waals surface area contributed by atoms with Gasteiger partial charge in [0.05, 0.1) is 11.0 Å². The fourth-order valence-electron chi connectivity index (χ4n) is 1.62. The molecule has 0 saturated carbocycles. The quantitative estimate of drug-likeness (QED) is 0.725. The number of sulfonamides is 1. The molecule has 0 fully saturated rings. The van der Waals surface area contributed by atoms with Crippen LogP contribution in [-0.4, -0.2) is 36.7 Å². The summed E-state index contributed by atoms with van der Waals surface area (Å²) in [4.78, 5) is 10.9. The SMILES string of the molecule is CC(C)c1ccc(S(=O)(=O)N[C@H](C(=O)O)[C@@H](C)O)cc1. The Hall–Kier alpha value is -1.44. The highest BCUT2D eigenvalue weighted by Gasteiger charge is 2.29. The minimum Gasteiger partial charge on any atom is -0.480 e. The first-order valence-electron chi connectivity index (χ1n) is 6.18. The Morgan fingerprint density at radius 1 is 1.15 bits per heavy atom. The zero-order valence-corrected chi connectivity index (χ0v) is 12.4. The van der Waals surface area contributed by atoms with Crippen molar-refractivity contribution in [2.45, 2.75) is 43.7 Å². The average molecular weight is 301 g/mol. The van der Waals surface area contributed by atoms with Crippen molar-refractivity contribution in [1.82, 2.24) is 4.72 Å². The summed E-state index contributed by atoms with van der Waals surface area (Å²) in [5, 5.41) is 18.2. The van der Waals surface area contributed by atoms with Crippen LogP contribution in [0.2, 0.25) is 0 Å². The molecule has 1 aromatic carbocycles. The van der Waals surface area contributed by atoms with E-state index in [1.165, 1.54) is 19.1 Å². The van der Waals surface area contributed by atoms with Gasteiger partial charge in [0.25, 0.3) is 0 Å². The molecule has 0 aromatic heterocycles. The van der Waals surface area contributed by atoms with Crippen LogP contribution in [-0.2, 0) is 14.8 Å². The number of carbonyl (C=O) groups is 1. The van der Waals surface area contributed by atoms with Gasteiger partial charge in [-0.15, -0.1) is 0 Å². The minimum absolute atomic E-state index is 0.0335. The number of hydrogen-bond acceptors (Lipinski definition) is 4. The van der Waals surface area contributed by atoms with Crippen molar-refractivity contribution in [2.24, 2.45) is 0 Å². The third-order valence-electron chi connectivity index (χ3n) is 2.89. The second-order valence-electron chi connectivity index (χ2n) is 4.90. The predicted molar refractivity (Wildman–Crippen MR) is 74.0 cm³/mol. The van der Waals surface area contributed by atoms with Crippen molar-refractivity contribution in [2.75, 3.05) is 0 Å². The van der Waals surface area contributed by atoms with Gasteiger partial charge in [0.2, 0.25) is 10.0 Å². The van der Waals surface area contributed by atoms with E-state index in [4.69, 9.17) is 5.11 Å². The second kappa shape index (κ2) is 6.34. The van der Waals surface area contributed by atoms with Crippen molar-refractivity contribution in [3.05, 3.63) is 29.8 Å². The van der Waals surface area contributed by atoms with Gasteiger partial charge in [0.15, 0.2) is 0 Å². The number of carboxylic acids is 1. The van der Waals surface area contributed by atoms with Crippen molar-refractivity contribution in [3.8, 4) is 0 Å². The van der Waals surface area contributed by atoms with Crippen LogP contribution in [0.25, 0.3) is 0 Å². The topological polar surface area (TPSA) is 104 Å². The summed E-state index contributed by atoms with van der Waals surface area (Å²) < 4.78 is 26.1. The Labute approximate surface area is 118 Å². The Kier molecular flexibility index (Phi) is 5.27. The highest BCUT2D eigenvalue weighted by atomic mass is 32.2. The first-order chi connectivity index (χ1) is 9.15. The zero-order chi connectivity index (χ0) is 15.5. The van der Waals surface area contributed by atoms with Crippen molar-refractivity contribution < 1.29 is 23.4 Å². The first kappa shape index (κ1) is 16.6. The zero-order valence-electron chi connectivity index (χ0n) is 11.6. The average Bonchev–Trinajstić information content (AvgIpc) is 2.35. The molecule has 1 rings (SSSR count). The molecule has 1 aromatic rings. The molecule has 0 bridgehead atoms. The number of carboxylic acid groups (broad SMARTS) is 1. The summed E-state index contributed by atoms with van der Waals surface area (Å²) in [7, 11) is -3.98. The van der Waals surface area contributed by atoms with E-state index in [0.717, 1.165) is 5.56 Å². The smallest absolute Gasteiger partial charge is 0.324 e. The maximum atomic E-state index is 12.0. The third kappa shape index (κ3) is 4.03. The van der Waals surface area contributed by atoms with Gasteiger partial charge in [-0.2, -0.15) is 4.72 Å². The Balaban J connectivity index is 3.01. The lowest BCUT2D eigenvalue weighted by Gasteiger charge is -2.17. The maximum absolute atomic E-state index is 12.0. The van der Waals surface area contributed by atoms with Crippen LogP contribution in [0.3, 0.4) is 0 Å². The van der Waals surface area contributed by atoms with Crippen molar-refractivity contribution in [3.63, 3.8) is 0 Å². The van der Waals surface area contributed by atoms with Gasteiger partial charge in [-0.3, -0.25) is 4.79 Å². The summed E-state index contributed by atoms with van der Waals surface area (Å²) in [5.74, 6) is -1.16. The number of nitrogens with one attached hydrogen (secondary N) is 1. The number of rotatable bonds is 6. The minimum atomic E-state index is -3.98. The van der Waals surface area contributed by atoms with E-state index in [1.54, 1.807) is 12.1 Å². The summed E-state index contributed by atoms with van der Waals surface area (Å²) in [6.45, 7) is 5.18. The molecule has 2 atom stereocenters. The Bertz CT molecular complexity index is 563. The van der Waals surface area contributed by atoms with Crippen LogP contribution in [0.4, 0.5) is 0 Å². The highest BCUT2D eigenvalue weighted by Crippen LogP contribution is 2.17. The van der Waals surface area contributed by atoms with Crippen molar-refractivity contribution in [1.29, 1.82) is 0 Å². The number of aliphatic hydroxyl groups excluding tert-OH is 1. The third-order valence-corrected chi connectivity index (χ3v) is 4.34. The molecule has 0 unspecified atom stereocenters. The van der Waals surface area contributed by atoms with E-state index < -0.39 is 28.1 Å². The highest BCUT2D eigenvalue weighted by molar-refractivity contribution is 7.89. The second-order valence-corrected chi connectivity index (χ2v) is 6.62. The van der Waals surface area contributed by atoms with E-state index in [2.05, 4.69) is 0 Å². The fourth-order valence-corrected chi connectivity index (χ4v) is 2.88. The van der Waals surface area contributed by atoms with Crippen LogP contribution in [0, 0.1) is 0 Å². The summed E-state index contributed by atoms with van der Waals surface area (Å²) in [5.41, 5.74) is 0.981. The maximum Gasteiger partial charge on any atom is 0.324 e. The number of aliphatic carboxylic acids is 1. The Morgan fingerprint density at radius 3 is 2.00 bits per heavy atom. The summed E-state index contributed by atoms with van der Waals surface area (Å²) >= 11 is 0. The number of aliphatic hydroxyl groups is 1. The molecule has 3 N–H and O–H groups in total. The lowest BCUT2D eigenvalue weighted by molar-refractivity contribution is -0.141. The Morgan fingerprint density at radius 2 is 1.65 bits per heavy atom. The van der Waals surface area contributed by atoms with Gasteiger partial charge in [0, 0.05) is 0 Å². The van der Waals surface area contributed by atoms with E-state index in [-0.39, 0.29) is 10.8 Å². The monoisotopic (exact) mass is 301 g/mol. The number of hydrogen-bond donors (Lipinski definition) is 3. The van der Waals surface area contributed by atoms with Gasteiger partial charge in [-0.05, 0) is 30.5 Å². The number of benzene rings is 1. The standard InChI is InChI=1S/C13H19NO5S/c1-8(2)10-4-6-11(7-5-10)20(18,19)14-12(9(3)15)13(16)17/h4-9,12,14-15H,1-3H3,(H,16,17)/t9-,12+/m1/s1. The van der Waals surface area contributed by atoms with E-state index in [0.29, 0.717) is 0 Å². The summed E-state index contributed by atoms with van der Waals surface area (Å²) in [6, 6.07) is 4.61. The predicted octanol–water partition coefficient (Wildman–Crippen LogP) is 0.922. The lowest BCUT2D eigenvalue weighted by atomic mass is 10.0. The largest absolute Gasteiger partial charge is 0.480 e. The lowest BCUT2D eigenvalue weighted by Crippen LogP contribution is -2.47. The van der Waals surface area contributed by atoms with Crippen LogP contribution >= 0.6 is 0 Å². The van der Waals surface area contributed by atoms with E-state index in [1.807, 2.05) is 18.6 Å². The van der Waals surface area contributed by atoms with Crippen molar-refractivity contribution >= 4 is 16.0 Å².